The molecule has 0 saturated heterocycles. The zero-order valence-electron chi connectivity index (χ0n) is 16.2. The van der Waals surface area contributed by atoms with Crippen LogP contribution in [0.1, 0.15) is 21.6 Å². The molecule has 1 amide bonds. The molecular formula is C21H20FN3O4. The summed E-state index contributed by atoms with van der Waals surface area (Å²) >= 11 is 0. The lowest BCUT2D eigenvalue weighted by Gasteiger charge is -2.10. The number of anilines is 1. The molecule has 0 saturated carbocycles. The first kappa shape index (κ1) is 20.1. The number of rotatable bonds is 6. The number of aryl methyl sites for hydroxylation is 2. The molecule has 1 aromatic heterocycles. The van der Waals surface area contributed by atoms with Crippen molar-refractivity contribution in [3.8, 4) is 11.4 Å². The molecule has 1 N–H and O–H groups in total. The number of aromatic nitrogens is 2. The number of nitrogens with one attached hydrogen (secondary N) is 1. The molecule has 0 radical (unpaired) electrons. The summed E-state index contributed by atoms with van der Waals surface area (Å²) < 4.78 is 25.1. The number of nitrogens with zero attached hydrogens (tertiary/aromatic N) is 2. The van der Waals surface area contributed by atoms with Crippen LogP contribution in [-0.4, -0.2) is 35.4 Å². The van der Waals surface area contributed by atoms with Gasteiger partial charge >= 0.3 is 5.97 Å². The van der Waals surface area contributed by atoms with Gasteiger partial charge in [0, 0.05) is 6.07 Å². The Bertz CT molecular complexity index is 1040. The van der Waals surface area contributed by atoms with E-state index in [2.05, 4.69) is 10.4 Å². The zero-order chi connectivity index (χ0) is 21.0. The SMILES string of the molecule is COc1ccc(C(=O)OCC(=O)Nc2cc(C)nn2-c2ccc(C)cc2)cc1F. The highest BCUT2D eigenvalue weighted by Crippen LogP contribution is 2.19. The van der Waals surface area contributed by atoms with E-state index < -0.39 is 24.3 Å². The first-order valence-electron chi connectivity index (χ1n) is 8.81. The second-order valence-corrected chi connectivity index (χ2v) is 6.39. The Kier molecular flexibility index (Phi) is 5.92. The molecule has 2 aromatic carbocycles. The van der Waals surface area contributed by atoms with Crippen molar-refractivity contribution < 1.29 is 23.5 Å². The Morgan fingerprint density at radius 3 is 2.48 bits per heavy atom. The summed E-state index contributed by atoms with van der Waals surface area (Å²) in [6.45, 7) is 3.26. The van der Waals surface area contributed by atoms with E-state index in [0.717, 1.165) is 17.3 Å². The van der Waals surface area contributed by atoms with Crippen LogP contribution in [0.25, 0.3) is 5.69 Å². The number of halogens is 1. The Labute approximate surface area is 167 Å². The predicted octanol–water partition coefficient (Wildman–Crippen LogP) is 3.43. The van der Waals surface area contributed by atoms with Crippen LogP contribution in [0.15, 0.2) is 48.5 Å². The number of methoxy groups -OCH3 is 1. The van der Waals surface area contributed by atoms with Crippen molar-refractivity contribution in [2.45, 2.75) is 13.8 Å². The molecule has 0 spiro atoms. The largest absolute Gasteiger partial charge is 0.494 e. The summed E-state index contributed by atoms with van der Waals surface area (Å²) in [6, 6.07) is 13.0. The van der Waals surface area contributed by atoms with Crippen LogP contribution in [0.3, 0.4) is 0 Å². The maximum atomic E-state index is 13.7. The number of carbonyl (C=O) groups excluding carboxylic acids is 2. The highest BCUT2D eigenvalue weighted by Gasteiger charge is 2.15. The van der Waals surface area contributed by atoms with Gasteiger partial charge in [0.1, 0.15) is 5.82 Å². The number of esters is 1. The molecule has 3 aromatic rings. The van der Waals surface area contributed by atoms with Crippen LogP contribution in [0, 0.1) is 19.7 Å². The van der Waals surface area contributed by atoms with Crippen molar-refractivity contribution in [3.63, 3.8) is 0 Å². The van der Waals surface area contributed by atoms with Crippen LogP contribution < -0.4 is 10.1 Å². The lowest BCUT2D eigenvalue weighted by atomic mass is 10.2. The summed E-state index contributed by atoms with van der Waals surface area (Å²) in [4.78, 5) is 24.3. The molecule has 3 rings (SSSR count). The third kappa shape index (κ3) is 4.78. The Morgan fingerprint density at radius 1 is 1.10 bits per heavy atom. The highest BCUT2D eigenvalue weighted by molar-refractivity contribution is 5.95. The summed E-state index contributed by atoms with van der Waals surface area (Å²) in [7, 11) is 1.32. The smallest absolute Gasteiger partial charge is 0.338 e. The molecular weight excluding hydrogens is 377 g/mol. The van der Waals surface area contributed by atoms with E-state index in [4.69, 9.17) is 9.47 Å². The summed E-state index contributed by atoms with van der Waals surface area (Å²) in [5.74, 6) is -1.59. The summed E-state index contributed by atoms with van der Waals surface area (Å²) in [6.07, 6.45) is 0. The monoisotopic (exact) mass is 397 g/mol. The molecule has 0 bridgehead atoms. The molecule has 1 heterocycles. The van der Waals surface area contributed by atoms with Crippen LogP contribution in [-0.2, 0) is 9.53 Å². The molecule has 7 nitrogen and oxygen atoms in total. The van der Waals surface area contributed by atoms with Gasteiger partial charge in [-0.15, -0.1) is 0 Å². The van der Waals surface area contributed by atoms with E-state index >= 15 is 0 Å². The van der Waals surface area contributed by atoms with E-state index in [0.29, 0.717) is 11.5 Å². The van der Waals surface area contributed by atoms with Crippen molar-refractivity contribution in [2.75, 3.05) is 19.0 Å². The second kappa shape index (κ2) is 8.55. The van der Waals surface area contributed by atoms with Crippen molar-refractivity contribution in [3.05, 3.63) is 71.2 Å². The average Bonchev–Trinajstić information content (AvgIpc) is 3.06. The first-order valence-corrected chi connectivity index (χ1v) is 8.81. The fourth-order valence-corrected chi connectivity index (χ4v) is 2.66. The van der Waals surface area contributed by atoms with E-state index in [1.807, 2.05) is 31.2 Å². The van der Waals surface area contributed by atoms with Gasteiger partial charge in [-0.25, -0.2) is 13.9 Å². The third-order valence-corrected chi connectivity index (χ3v) is 4.10. The van der Waals surface area contributed by atoms with E-state index in [1.54, 1.807) is 17.7 Å². The Hall–Kier alpha value is -3.68. The van der Waals surface area contributed by atoms with Gasteiger partial charge in [0.2, 0.25) is 0 Å². The van der Waals surface area contributed by atoms with Gasteiger partial charge in [-0.05, 0) is 44.2 Å². The molecule has 0 atom stereocenters. The standard InChI is InChI=1S/C21H20FN3O4/c1-13-4-7-16(8-5-13)25-19(10-14(2)24-25)23-20(26)12-29-21(27)15-6-9-18(28-3)17(22)11-15/h4-11H,12H2,1-3H3,(H,23,26). The number of carbonyl (C=O) groups is 2. The minimum atomic E-state index is -0.815. The van der Waals surface area contributed by atoms with E-state index in [1.165, 1.54) is 19.2 Å². The molecule has 0 aliphatic rings. The summed E-state index contributed by atoms with van der Waals surface area (Å²) in [5, 5.41) is 7.04. The van der Waals surface area contributed by atoms with Gasteiger partial charge in [0.25, 0.3) is 5.91 Å². The van der Waals surface area contributed by atoms with Crippen LogP contribution in [0.2, 0.25) is 0 Å². The molecule has 150 valence electrons. The number of ether oxygens (including phenoxy) is 2. The van der Waals surface area contributed by atoms with Gasteiger partial charge in [-0.2, -0.15) is 5.10 Å². The molecule has 0 aliphatic heterocycles. The van der Waals surface area contributed by atoms with E-state index in [-0.39, 0.29) is 11.3 Å². The van der Waals surface area contributed by atoms with Gasteiger partial charge in [-0.3, -0.25) is 4.79 Å². The van der Waals surface area contributed by atoms with Gasteiger partial charge < -0.3 is 14.8 Å². The normalized spacial score (nSPS) is 10.5. The summed E-state index contributed by atoms with van der Waals surface area (Å²) in [5.41, 5.74) is 2.58. The van der Waals surface area contributed by atoms with Gasteiger partial charge in [0.05, 0.1) is 24.1 Å². The predicted molar refractivity (Wildman–Crippen MR) is 105 cm³/mol. The zero-order valence-corrected chi connectivity index (χ0v) is 16.2. The highest BCUT2D eigenvalue weighted by atomic mass is 19.1. The molecule has 0 aliphatic carbocycles. The average molecular weight is 397 g/mol. The minimum absolute atomic E-state index is 0.0130. The quantitative estimate of drug-likeness (QED) is 0.645. The molecule has 0 fully saturated rings. The number of amides is 1. The lowest BCUT2D eigenvalue weighted by Crippen LogP contribution is -2.22. The first-order chi connectivity index (χ1) is 13.9. The maximum absolute atomic E-state index is 13.7. The lowest BCUT2D eigenvalue weighted by molar-refractivity contribution is -0.119. The Morgan fingerprint density at radius 2 is 1.83 bits per heavy atom. The fraction of sp³-hybridized carbons (Fsp3) is 0.190. The van der Waals surface area contributed by atoms with Crippen molar-refractivity contribution in [1.29, 1.82) is 0 Å². The number of hydrogen-bond acceptors (Lipinski definition) is 5. The van der Waals surface area contributed by atoms with Crippen molar-refractivity contribution in [2.24, 2.45) is 0 Å². The fourth-order valence-electron chi connectivity index (χ4n) is 2.66. The minimum Gasteiger partial charge on any atom is -0.494 e. The van der Waals surface area contributed by atoms with Crippen molar-refractivity contribution >= 4 is 17.7 Å². The third-order valence-electron chi connectivity index (χ3n) is 4.10. The Balaban J connectivity index is 1.65. The number of benzene rings is 2. The topological polar surface area (TPSA) is 82.4 Å². The molecule has 29 heavy (non-hydrogen) atoms. The van der Waals surface area contributed by atoms with Gasteiger partial charge in [-0.1, -0.05) is 17.7 Å². The second-order valence-electron chi connectivity index (χ2n) is 6.39. The van der Waals surface area contributed by atoms with E-state index in [9.17, 15) is 14.0 Å². The molecule has 0 unspecified atom stereocenters. The number of hydrogen-bond donors (Lipinski definition) is 1. The van der Waals surface area contributed by atoms with Gasteiger partial charge in [0.15, 0.2) is 18.2 Å². The van der Waals surface area contributed by atoms with Crippen LogP contribution in [0.5, 0.6) is 5.75 Å². The van der Waals surface area contributed by atoms with Crippen LogP contribution >= 0.6 is 0 Å². The van der Waals surface area contributed by atoms with Crippen molar-refractivity contribution in [1.82, 2.24) is 9.78 Å². The van der Waals surface area contributed by atoms with Crippen LogP contribution in [0.4, 0.5) is 10.2 Å². The molecule has 8 heteroatoms. The maximum Gasteiger partial charge on any atom is 0.338 e.